The maximum atomic E-state index is 3.78. The van der Waals surface area contributed by atoms with Crippen LogP contribution in [0.25, 0.3) is 24.3 Å². The van der Waals surface area contributed by atoms with Crippen LogP contribution in [0.2, 0.25) is 0 Å². The molecule has 0 saturated heterocycles. The molecule has 3 unspecified atom stereocenters. The van der Waals surface area contributed by atoms with Gasteiger partial charge in [0.2, 0.25) is 0 Å². The molecule has 0 spiro atoms. The van der Waals surface area contributed by atoms with Gasteiger partial charge in [-0.2, -0.15) is 0 Å². The quantitative estimate of drug-likeness (QED) is 0.155. The van der Waals surface area contributed by atoms with Crippen molar-refractivity contribution in [2.45, 2.75) is 24.2 Å². The molecule has 4 aromatic heterocycles. The van der Waals surface area contributed by atoms with Crippen LogP contribution in [0.5, 0.6) is 0 Å². The van der Waals surface area contributed by atoms with Crippen molar-refractivity contribution in [2.75, 3.05) is 0 Å². The number of fused-ring (bicyclic) bond motifs is 1. The van der Waals surface area contributed by atoms with Crippen LogP contribution in [0.3, 0.4) is 0 Å². The van der Waals surface area contributed by atoms with Crippen LogP contribution in [0.1, 0.15) is 68.5 Å². The molecule has 0 aliphatic heterocycles. The fourth-order valence-electron chi connectivity index (χ4n) is 6.34. The van der Waals surface area contributed by atoms with E-state index >= 15 is 0 Å². The molecule has 4 N–H and O–H groups in total. The van der Waals surface area contributed by atoms with Crippen molar-refractivity contribution < 1.29 is 0 Å². The minimum absolute atomic E-state index is 0.171. The van der Waals surface area contributed by atoms with Gasteiger partial charge in [0.05, 0.1) is 0 Å². The van der Waals surface area contributed by atoms with Gasteiger partial charge in [-0.1, -0.05) is 60.7 Å². The van der Waals surface area contributed by atoms with E-state index in [0.29, 0.717) is 11.8 Å². The van der Waals surface area contributed by atoms with Crippen molar-refractivity contribution in [1.29, 1.82) is 0 Å². The molecule has 0 radical (unpaired) electrons. The standard InChI is InChI=1S/C36H32N4/c1-2-9-26(25(8-1)15-17-28-11-5-21-37-28)16-18-29-19-20-34(40-29)36(33-14-7-23-39-33)35-30-12-4-3-10-27(30)24-31(35)32-13-6-22-38-32/h1-23,31,35-40H,24H2/b17-15+,18-16+. The number of rotatable bonds is 8. The summed E-state index contributed by atoms with van der Waals surface area (Å²) in [6.45, 7) is 0. The largest absolute Gasteiger partial charge is 0.365 e. The summed E-state index contributed by atoms with van der Waals surface area (Å²) in [5.74, 6) is 0.856. The van der Waals surface area contributed by atoms with E-state index in [-0.39, 0.29) is 5.92 Å². The number of hydrogen-bond donors (Lipinski definition) is 4. The van der Waals surface area contributed by atoms with Gasteiger partial charge < -0.3 is 19.9 Å². The molecule has 6 aromatic rings. The van der Waals surface area contributed by atoms with Crippen LogP contribution in [-0.2, 0) is 6.42 Å². The van der Waals surface area contributed by atoms with E-state index in [1.54, 1.807) is 0 Å². The molecule has 0 saturated carbocycles. The summed E-state index contributed by atoms with van der Waals surface area (Å²) >= 11 is 0. The number of hydrogen-bond acceptors (Lipinski definition) is 0. The Morgan fingerprint density at radius 3 is 2.05 bits per heavy atom. The number of nitrogens with one attached hydrogen (secondary N) is 4. The van der Waals surface area contributed by atoms with Crippen molar-refractivity contribution in [2.24, 2.45) is 0 Å². The van der Waals surface area contributed by atoms with Gasteiger partial charge >= 0.3 is 0 Å². The number of aromatic amines is 4. The zero-order valence-electron chi connectivity index (χ0n) is 22.2. The Balaban J connectivity index is 1.23. The van der Waals surface area contributed by atoms with Crippen LogP contribution in [-0.4, -0.2) is 19.9 Å². The number of H-pyrrole nitrogens is 4. The lowest BCUT2D eigenvalue weighted by Gasteiger charge is -2.28. The average Bonchev–Trinajstić information content (AvgIpc) is 3.83. The molecule has 1 aliphatic carbocycles. The van der Waals surface area contributed by atoms with Crippen molar-refractivity contribution in [3.8, 4) is 0 Å². The lowest BCUT2D eigenvalue weighted by Crippen LogP contribution is -2.18. The Morgan fingerprint density at radius 1 is 0.575 bits per heavy atom. The zero-order valence-corrected chi connectivity index (χ0v) is 22.2. The van der Waals surface area contributed by atoms with Crippen LogP contribution < -0.4 is 0 Å². The molecular weight excluding hydrogens is 488 g/mol. The summed E-state index contributed by atoms with van der Waals surface area (Å²) in [6.07, 6.45) is 15.7. The van der Waals surface area contributed by atoms with Gasteiger partial charge in [0, 0.05) is 64.8 Å². The number of aromatic nitrogens is 4. The highest BCUT2D eigenvalue weighted by atomic mass is 14.8. The van der Waals surface area contributed by atoms with Crippen LogP contribution >= 0.6 is 0 Å². The Morgan fingerprint density at radius 2 is 1.30 bits per heavy atom. The molecule has 4 nitrogen and oxygen atoms in total. The Kier molecular flexibility index (Phi) is 6.42. The maximum absolute atomic E-state index is 3.78. The van der Waals surface area contributed by atoms with Crippen LogP contribution in [0.4, 0.5) is 0 Å². The fraction of sp³-hybridized carbons (Fsp3) is 0.111. The summed E-state index contributed by atoms with van der Waals surface area (Å²) in [5.41, 5.74) is 11.2. The third kappa shape index (κ3) is 4.69. The van der Waals surface area contributed by atoms with E-state index in [9.17, 15) is 0 Å². The van der Waals surface area contributed by atoms with E-state index < -0.39 is 0 Å². The zero-order chi connectivity index (χ0) is 26.7. The molecule has 3 atom stereocenters. The third-order valence-electron chi connectivity index (χ3n) is 8.19. The fourth-order valence-corrected chi connectivity index (χ4v) is 6.34. The normalized spacial score (nSPS) is 17.6. The Bertz CT molecular complexity index is 1730. The summed E-state index contributed by atoms with van der Waals surface area (Å²) in [5, 5.41) is 0. The van der Waals surface area contributed by atoms with Gasteiger partial charge in [0.1, 0.15) is 0 Å². The third-order valence-corrected chi connectivity index (χ3v) is 8.19. The first-order valence-electron chi connectivity index (χ1n) is 14.0. The predicted molar refractivity (Wildman–Crippen MR) is 165 cm³/mol. The lowest BCUT2D eigenvalue weighted by molar-refractivity contribution is 0.506. The van der Waals surface area contributed by atoms with Crippen molar-refractivity contribution in [1.82, 2.24) is 19.9 Å². The minimum atomic E-state index is 0.171. The highest BCUT2D eigenvalue weighted by Gasteiger charge is 2.41. The first kappa shape index (κ1) is 24.1. The van der Waals surface area contributed by atoms with E-state index in [1.807, 2.05) is 24.7 Å². The van der Waals surface area contributed by atoms with Gasteiger partial charge in [0.25, 0.3) is 0 Å². The molecule has 4 heterocycles. The summed E-state index contributed by atoms with van der Waals surface area (Å²) in [6, 6.07) is 34.7. The molecule has 7 rings (SSSR count). The van der Waals surface area contributed by atoms with E-state index in [1.165, 1.54) is 39.3 Å². The van der Waals surface area contributed by atoms with Gasteiger partial charge in [0.15, 0.2) is 0 Å². The van der Waals surface area contributed by atoms with E-state index in [0.717, 1.165) is 17.8 Å². The first-order chi connectivity index (χ1) is 19.8. The second kappa shape index (κ2) is 10.7. The average molecular weight is 521 g/mol. The van der Waals surface area contributed by atoms with E-state index in [4.69, 9.17) is 0 Å². The Labute approximate surface area is 234 Å². The summed E-state index contributed by atoms with van der Waals surface area (Å²) in [7, 11) is 0. The van der Waals surface area contributed by atoms with Gasteiger partial charge in [-0.3, -0.25) is 0 Å². The summed E-state index contributed by atoms with van der Waals surface area (Å²) in [4.78, 5) is 14.1. The SMILES string of the molecule is C(=C\c1ccccc1/C=C/c1ccc(C(c2ccc[nH]2)C2c3ccccc3CC2c2ccc[nH]2)[nH]1)/c1ccc[nH]1. The van der Waals surface area contributed by atoms with E-state index in [2.05, 4.69) is 135 Å². The molecule has 0 fully saturated rings. The van der Waals surface area contributed by atoms with Gasteiger partial charge in [-0.25, -0.2) is 0 Å². The molecule has 196 valence electrons. The van der Waals surface area contributed by atoms with Gasteiger partial charge in [-0.15, -0.1) is 0 Å². The van der Waals surface area contributed by atoms with Crippen LogP contribution in [0.15, 0.2) is 116 Å². The smallest absolute Gasteiger partial charge is 0.0467 e. The summed E-state index contributed by atoms with van der Waals surface area (Å²) < 4.78 is 0. The molecular formula is C36H32N4. The molecule has 4 heteroatoms. The van der Waals surface area contributed by atoms with Crippen LogP contribution in [0, 0.1) is 0 Å². The maximum Gasteiger partial charge on any atom is 0.0467 e. The topological polar surface area (TPSA) is 63.2 Å². The minimum Gasteiger partial charge on any atom is -0.365 e. The molecule has 40 heavy (non-hydrogen) atoms. The second-order valence-corrected chi connectivity index (χ2v) is 10.6. The molecule has 1 aliphatic rings. The molecule has 0 bridgehead atoms. The predicted octanol–water partition coefficient (Wildman–Crippen LogP) is 8.60. The lowest BCUT2D eigenvalue weighted by atomic mass is 9.76. The monoisotopic (exact) mass is 520 g/mol. The van der Waals surface area contributed by atoms with Crippen molar-refractivity contribution >= 4 is 24.3 Å². The van der Waals surface area contributed by atoms with Crippen molar-refractivity contribution in [3.63, 3.8) is 0 Å². The Hall–Kier alpha value is -4.96. The first-order valence-corrected chi connectivity index (χ1v) is 14.0. The van der Waals surface area contributed by atoms with Crippen molar-refractivity contribution in [3.05, 3.63) is 166 Å². The highest BCUT2D eigenvalue weighted by molar-refractivity contribution is 5.78. The second-order valence-electron chi connectivity index (χ2n) is 10.6. The number of benzene rings is 2. The van der Waals surface area contributed by atoms with Gasteiger partial charge in [-0.05, 0) is 89.4 Å². The highest BCUT2D eigenvalue weighted by Crippen LogP contribution is 2.52. The molecule has 2 aromatic carbocycles. The molecule has 0 amide bonds.